The number of benzene rings is 2. The molecule has 2 aromatic rings. The molecule has 10 heteroatoms. The Morgan fingerprint density at radius 3 is 1.50 bits per heavy atom. The quantitative estimate of drug-likeness (QED) is 0.221. The smallest absolute Gasteiger partial charge is 0.203 e. The van der Waals surface area contributed by atoms with Gasteiger partial charge in [-0.2, -0.15) is 0 Å². The molecule has 0 radical (unpaired) electrons. The van der Waals surface area contributed by atoms with Gasteiger partial charge in [0.2, 0.25) is 11.5 Å². The molecule has 0 aromatic heterocycles. The van der Waals surface area contributed by atoms with Gasteiger partial charge in [0.1, 0.15) is 6.61 Å². The third-order valence-corrected chi connectivity index (χ3v) is 5.84. The maximum absolute atomic E-state index is 9.33. The van der Waals surface area contributed by atoms with Gasteiger partial charge in [-0.25, -0.2) is 0 Å². The van der Waals surface area contributed by atoms with Crippen molar-refractivity contribution >= 4 is 0 Å². The molecule has 2 aromatic carbocycles. The third-order valence-electron chi connectivity index (χ3n) is 5.84. The Labute approximate surface area is 236 Å². The summed E-state index contributed by atoms with van der Waals surface area (Å²) in [6.45, 7) is 0.538. The maximum atomic E-state index is 9.33. The molecule has 0 bridgehead atoms. The zero-order valence-corrected chi connectivity index (χ0v) is 24.1. The molecule has 0 amide bonds. The summed E-state index contributed by atoms with van der Waals surface area (Å²) in [5.74, 6) is 9.37. The van der Waals surface area contributed by atoms with E-state index in [-0.39, 0.29) is 39.6 Å². The van der Waals surface area contributed by atoms with Crippen molar-refractivity contribution < 1.29 is 48.1 Å². The molecule has 2 rings (SSSR count). The van der Waals surface area contributed by atoms with Crippen LogP contribution in [0.5, 0.6) is 34.5 Å². The van der Waals surface area contributed by atoms with E-state index in [9.17, 15) is 5.11 Å². The molecular formula is C30H40O10. The second kappa shape index (κ2) is 17.9. The molecule has 0 aliphatic rings. The van der Waals surface area contributed by atoms with E-state index in [1.165, 1.54) is 0 Å². The summed E-state index contributed by atoms with van der Waals surface area (Å²) in [4.78, 5) is 0. The van der Waals surface area contributed by atoms with Crippen molar-refractivity contribution in [3.63, 3.8) is 0 Å². The summed E-state index contributed by atoms with van der Waals surface area (Å²) in [5.41, 5.74) is 3.43. The highest BCUT2D eigenvalue weighted by atomic mass is 16.5. The predicted octanol–water partition coefficient (Wildman–Crippen LogP) is 2.84. The van der Waals surface area contributed by atoms with Crippen LogP contribution in [-0.2, 0) is 22.3 Å². The Hall–Kier alpha value is -3.62. The second-order valence-corrected chi connectivity index (χ2v) is 8.36. The van der Waals surface area contributed by atoms with E-state index in [1.807, 2.05) is 24.3 Å². The van der Waals surface area contributed by atoms with Crippen molar-refractivity contribution in [3.8, 4) is 46.3 Å². The predicted molar refractivity (Wildman–Crippen MR) is 150 cm³/mol. The van der Waals surface area contributed by atoms with Crippen molar-refractivity contribution in [3.05, 3.63) is 46.5 Å². The van der Waals surface area contributed by atoms with E-state index in [1.54, 1.807) is 42.7 Å². The average molecular weight is 561 g/mol. The molecule has 2 N–H and O–H groups in total. The summed E-state index contributed by atoms with van der Waals surface area (Å²) in [6.07, 6.45) is 0.875. The van der Waals surface area contributed by atoms with Crippen LogP contribution in [0.1, 0.15) is 11.1 Å². The molecule has 0 aliphatic carbocycles. The minimum absolute atomic E-state index is 0.0861. The molecular weight excluding hydrogens is 520 g/mol. The van der Waals surface area contributed by atoms with Crippen LogP contribution in [0.15, 0.2) is 35.4 Å². The van der Waals surface area contributed by atoms with Gasteiger partial charge in [-0.1, -0.05) is 11.8 Å². The lowest BCUT2D eigenvalue weighted by molar-refractivity contribution is 0.106. The van der Waals surface area contributed by atoms with Gasteiger partial charge in [0.25, 0.3) is 0 Å². The van der Waals surface area contributed by atoms with E-state index in [4.69, 9.17) is 43.0 Å². The summed E-state index contributed by atoms with van der Waals surface area (Å²) in [6, 6.07) is 7.50. The summed E-state index contributed by atoms with van der Waals surface area (Å²) < 4.78 is 44.2. The summed E-state index contributed by atoms with van der Waals surface area (Å²) >= 11 is 0. The normalized spacial score (nSPS) is 11.2. The number of aliphatic hydroxyl groups excluding tert-OH is 2. The molecule has 40 heavy (non-hydrogen) atoms. The number of hydrogen-bond donors (Lipinski definition) is 2. The SMILES string of the molecule is COc1cc(C/C(C#CCOCCO)=C(\COCCO)Cc2cc(OC)c(OC)c(OC)c2)cc(OC)c1OC. The van der Waals surface area contributed by atoms with Crippen molar-refractivity contribution in [1.29, 1.82) is 0 Å². The first kappa shape index (κ1) is 32.6. The highest BCUT2D eigenvalue weighted by Gasteiger charge is 2.18. The molecule has 0 saturated heterocycles. The fourth-order valence-electron chi connectivity index (χ4n) is 4.02. The molecule has 0 atom stereocenters. The minimum atomic E-state index is -0.111. The van der Waals surface area contributed by atoms with Gasteiger partial charge in [-0.3, -0.25) is 0 Å². The first-order valence-corrected chi connectivity index (χ1v) is 12.6. The number of allylic oxidation sites excluding steroid dienone is 1. The minimum Gasteiger partial charge on any atom is -0.493 e. The van der Waals surface area contributed by atoms with Crippen molar-refractivity contribution in [2.75, 3.05) is 82.3 Å². The first-order valence-electron chi connectivity index (χ1n) is 12.6. The largest absolute Gasteiger partial charge is 0.493 e. The highest BCUT2D eigenvalue weighted by Crippen LogP contribution is 2.40. The fraction of sp³-hybridized carbons (Fsp3) is 0.467. The van der Waals surface area contributed by atoms with Crippen LogP contribution in [0.3, 0.4) is 0 Å². The molecule has 0 spiro atoms. The first-order chi connectivity index (χ1) is 19.5. The Morgan fingerprint density at radius 1 is 0.625 bits per heavy atom. The van der Waals surface area contributed by atoms with E-state index in [0.29, 0.717) is 47.3 Å². The van der Waals surface area contributed by atoms with Crippen LogP contribution in [-0.4, -0.2) is 92.5 Å². The monoisotopic (exact) mass is 560 g/mol. The van der Waals surface area contributed by atoms with Crippen LogP contribution in [0, 0.1) is 11.8 Å². The van der Waals surface area contributed by atoms with Crippen molar-refractivity contribution in [1.82, 2.24) is 0 Å². The molecule has 0 aliphatic heterocycles. The Kier molecular flexibility index (Phi) is 14.6. The van der Waals surface area contributed by atoms with E-state index >= 15 is 0 Å². The van der Waals surface area contributed by atoms with Gasteiger partial charge in [-0.15, -0.1) is 0 Å². The number of hydrogen-bond acceptors (Lipinski definition) is 10. The van der Waals surface area contributed by atoms with Gasteiger partial charge >= 0.3 is 0 Å². The Bertz CT molecular complexity index is 1110. The number of aliphatic hydroxyl groups is 2. The lowest BCUT2D eigenvalue weighted by Gasteiger charge is -2.18. The lowest BCUT2D eigenvalue weighted by atomic mass is 9.95. The fourth-order valence-corrected chi connectivity index (χ4v) is 4.02. The number of ether oxygens (including phenoxy) is 8. The third kappa shape index (κ3) is 9.24. The topological polar surface area (TPSA) is 114 Å². The van der Waals surface area contributed by atoms with Crippen LogP contribution >= 0.6 is 0 Å². The molecule has 0 heterocycles. The van der Waals surface area contributed by atoms with Gasteiger partial charge in [0.05, 0.1) is 75.7 Å². The Balaban J connectivity index is 2.65. The van der Waals surface area contributed by atoms with Crippen LogP contribution in [0.2, 0.25) is 0 Å². The van der Waals surface area contributed by atoms with Crippen LogP contribution in [0.25, 0.3) is 0 Å². The number of rotatable bonds is 17. The van der Waals surface area contributed by atoms with Gasteiger partial charge in [-0.05, 0) is 47.4 Å². The standard InChI is InChI=1S/C30H40O10/c1-33-25-16-21(17-26(34-2)29(25)37-5)14-23(8-7-11-39-12-9-31)24(20-40-13-10-32)15-22-18-27(35-3)30(38-6)28(19-22)36-4/h16-19,31-32H,9-15,20H2,1-6H3/b24-23-. The van der Waals surface area contributed by atoms with Gasteiger partial charge in [0, 0.05) is 12.0 Å². The number of methoxy groups -OCH3 is 6. The molecule has 0 fully saturated rings. The van der Waals surface area contributed by atoms with Crippen molar-refractivity contribution in [2.45, 2.75) is 12.8 Å². The van der Waals surface area contributed by atoms with Gasteiger partial charge < -0.3 is 48.1 Å². The zero-order valence-electron chi connectivity index (χ0n) is 24.1. The van der Waals surface area contributed by atoms with E-state index < -0.39 is 0 Å². The van der Waals surface area contributed by atoms with E-state index in [2.05, 4.69) is 11.8 Å². The van der Waals surface area contributed by atoms with Crippen LogP contribution < -0.4 is 28.4 Å². The highest BCUT2D eigenvalue weighted by molar-refractivity contribution is 5.56. The molecule has 0 unspecified atom stereocenters. The maximum Gasteiger partial charge on any atom is 0.203 e. The summed E-state index contributed by atoms with van der Waals surface area (Å²) in [5, 5.41) is 18.4. The molecule has 10 nitrogen and oxygen atoms in total. The average Bonchev–Trinajstić information content (AvgIpc) is 2.98. The second-order valence-electron chi connectivity index (χ2n) is 8.36. The molecule has 220 valence electrons. The molecule has 0 saturated carbocycles. The lowest BCUT2D eigenvalue weighted by Crippen LogP contribution is -2.10. The summed E-state index contributed by atoms with van der Waals surface area (Å²) in [7, 11) is 9.37. The van der Waals surface area contributed by atoms with E-state index in [0.717, 1.165) is 22.3 Å². The van der Waals surface area contributed by atoms with Crippen LogP contribution in [0.4, 0.5) is 0 Å². The van der Waals surface area contributed by atoms with Gasteiger partial charge in [0.15, 0.2) is 23.0 Å². The zero-order chi connectivity index (χ0) is 29.3. The Morgan fingerprint density at radius 2 is 1.07 bits per heavy atom. The van der Waals surface area contributed by atoms with Crippen molar-refractivity contribution in [2.24, 2.45) is 0 Å².